The van der Waals surface area contributed by atoms with Gasteiger partial charge in [0.05, 0.1) is 16.8 Å². The van der Waals surface area contributed by atoms with Crippen LogP contribution in [0.2, 0.25) is 0 Å². The number of fused-ring (bicyclic) bond motifs is 1. The summed E-state index contributed by atoms with van der Waals surface area (Å²) in [6.45, 7) is 0. The number of pyridine rings is 3. The van der Waals surface area contributed by atoms with Gasteiger partial charge in [0.2, 0.25) is 0 Å². The third kappa shape index (κ3) is 4.90. The predicted molar refractivity (Wildman–Crippen MR) is 135 cm³/mol. The number of hydrogen-bond donors (Lipinski definition) is 4. The average Bonchev–Trinajstić information content (AvgIpc) is 2.87. The molecule has 0 aliphatic heterocycles. The van der Waals surface area contributed by atoms with Crippen LogP contribution in [-0.4, -0.2) is 32.9 Å². The zero-order chi connectivity index (χ0) is 24.4. The zero-order valence-electron chi connectivity index (χ0n) is 19.0. The normalized spacial score (nSPS) is 17.8. The van der Waals surface area contributed by atoms with Crippen LogP contribution in [0.5, 0.6) is 0 Å². The number of anilines is 3. The van der Waals surface area contributed by atoms with Gasteiger partial charge in [-0.15, -0.1) is 0 Å². The van der Waals surface area contributed by atoms with E-state index in [9.17, 15) is 9.18 Å². The predicted octanol–water partition coefficient (Wildman–Crippen LogP) is 4.36. The molecule has 0 radical (unpaired) electrons. The summed E-state index contributed by atoms with van der Waals surface area (Å²) in [5, 5.41) is 7.27. The number of amides is 1. The van der Waals surface area contributed by atoms with E-state index in [2.05, 4.69) is 25.6 Å². The van der Waals surface area contributed by atoms with Gasteiger partial charge in [0.25, 0.3) is 5.91 Å². The molecule has 0 spiro atoms. The summed E-state index contributed by atoms with van der Waals surface area (Å²) in [6, 6.07) is 14.3. The molecule has 8 nitrogen and oxygen atoms in total. The summed E-state index contributed by atoms with van der Waals surface area (Å²) in [4.78, 5) is 25.3. The number of halogens is 1. The molecule has 5 rings (SSSR count). The molecule has 1 amide bonds. The fourth-order valence-corrected chi connectivity index (χ4v) is 4.42. The minimum absolute atomic E-state index is 0.0368. The van der Waals surface area contributed by atoms with Crippen LogP contribution >= 0.6 is 0 Å². The monoisotopic (exact) mass is 471 g/mol. The van der Waals surface area contributed by atoms with Gasteiger partial charge in [0.1, 0.15) is 5.82 Å². The molecule has 0 saturated heterocycles. The number of benzene rings is 1. The van der Waals surface area contributed by atoms with Crippen molar-refractivity contribution in [2.45, 2.75) is 37.8 Å². The van der Waals surface area contributed by atoms with Crippen LogP contribution in [0.1, 0.15) is 36.0 Å². The quantitative estimate of drug-likeness (QED) is 0.329. The summed E-state index contributed by atoms with van der Waals surface area (Å²) in [7, 11) is 0. The maximum atomic E-state index is 14.8. The Bertz CT molecular complexity index is 1390. The molecular formula is C26H26FN7O. The number of carbonyl (C=O) groups is 1. The molecule has 1 aliphatic rings. The maximum Gasteiger partial charge on any atom is 0.252 e. The fourth-order valence-electron chi connectivity index (χ4n) is 4.42. The molecule has 3 aromatic heterocycles. The number of nitrogens with two attached hydrogens (primary N) is 2. The van der Waals surface area contributed by atoms with E-state index in [1.807, 2.05) is 36.4 Å². The van der Waals surface area contributed by atoms with Crippen molar-refractivity contribution in [3.63, 3.8) is 0 Å². The highest BCUT2D eigenvalue weighted by Crippen LogP contribution is 2.29. The number of carbonyl (C=O) groups excluding carboxylic acids is 1. The molecule has 2 atom stereocenters. The van der Waals surface area contributed by atoms with Crippen molar-refractivity contribution in [2.75, 3.05) is 10.6 Å². The second-order valence-electron chi connectivity index (χ2n) is 8.74. The lowest BCUT2D eigenvalue weighted by Crippen LogP contribution is -2.43. The van der Waals surface area contributed by atoms with Crippen LogP contribution in [0, 0.1) is 5.82 Å². The third-order valence-corrected chi connectivity index (χ3v) is 6.31. The summed E-state index contributed by atoms with van der Waals surface area (Å²) in [6.07, 6.45) is 7.16. The summed E-state index contributed by atoms with van der Waals surface area (Å²) in [5.74, 6) is -1.24. The molecule has 1 fully saturated rings. The highest BCUT2D eigenvalue weighted by molar-refractivity contribution is 5.98. The largest absolute Gasteiger partial charge is 0.365 e. The van der Waals surface area contributed by atoms with Crippen molar-refractivity contribution in [1.82, 2.24) is 15.0 Å². The Morgan fingerprint density at radius 3 is 2.69 bits per heavy atom. The Morgan fingerprint density at radius 1 is 1.00 bits per heavy atom. The molecule has 1 aromatic carbocycles. The van der Waals surface area contributed by atoms with Gasteiger partial charge in [-0.2, -0.15) is 0 Å². The number of rotatable bonds is 6. The SMILES string of the molecule is NC(=O)c1cc(F)c(N[C@@H]2CCCC[C@@H]2N)nc1Nc1ccnc(-c2ccc3cccnc3c2)c1. The molecule has 0 unspecified atom stereocenters. The molecule has 6 N–H and O–H groups in total. The van der Waals surface area contributed by atoms with Crippen molar-refractivity contribution in [3.8, 4) is 11.3 Å². The number of aromatic nitrogens is 3. The number of primary amides is 1. The van der Waals surface area contributed by atoms with Gasteiger partial charge in [0.15, 0.2) is 11.6 Å². The number of nitrogens with one attached hydrogen (secondary N) is 2. The van der Waals surface area contributed by atoms with E-state index in [0.29, 0.717) is 11.4 Å². The van der Waals surface area contributed by atoms with Gasteiger partial charge in [-0.3, -0.25) is 14.8 Å². The minimum atomic E-state index is -0.783. The lowest BCUT2D eigenvalue weighted by atomic mass is 9.91. The molecule has 1 aliphatic carbocycles. The second kappa shape index (κ2) is 9.63. The van der Waals surface area contributed by atoms with E-state index in [1.54, 1.807) is 18.5 Å². The van der Waals surface area contributed by atoms with E-state index >= 15 is 0 Å². The van der Waals surface area contributed by atoms with E-state index < -0.39 is 11.7 Å². The Hall–Kier alpha value is -4.11. The van der Waals surface area contributed by atoms with Crippen molar-refractivity contribution < 1.29 is 9.18 Å². The van der Waals surface area contributed by atoms with Gasteiger partial charge in [0, 0.05) is 41.1 Å². The Balaban J connectivity index is 1.46. The van der Waals surface area contributed by atoms with E-state index in [4.69, 9.17) is 11.5 Å². The highest BCUT2D eigenvalue weighted by atomic mass is 19.1. The molecule has 35 heavy (non-hydrogen) atoms. The highest BCUT2D eigenvalue weighted by Gasteiger charge is 2.24. The molecule has 0 bridgehead atoms. The van der Waals surface area contributed by atoms with Gasteiger partial charge in [-0.1, -0.05) is 31.0 Å². The van der Waals surface area contributed by atoms with Crippen molar-refractivity contribution in [1.29, 1.82) is 0 Å². The number of nitrogens with zero attached hydrogens (tertiary/aromatic N) is 3. The first-order chi connectivity index (χ1) is 17.0. The van der Waals surface area contributed by atoms with Gasteiger partial charge >= 0.3 is 0 Å². The zero-order valence-corrected chi connectivity index (χ0v) is 19.0. The summed E-state index contributed by atoms with van der Waals surface area (Å²) in [5.41, 5.74) is 14.8. The lowest BCUT2D eigenvalue weighted by Gasteiger charge is -2.30. The fraction of sp³-hybridized carbons (Fsp3) is 0.231. The van der Waals surface area contributed by atoms with Crippen LogP contribution in [0.3, 0.4) is 0 Å². The van der Waals surface area contributed by atoms with Crippen LogP contribution in [-0.2, 0) is 0 Å². The van der Waals surface area contributed by atoms with Crippen LogP contribution < -0.4 is 22.1 Å². The first-order valence-corrected chi connectivity index (χ1v) is 11.6. The topological polar surface area (TPSA) is 132 Å². The molecular weight excluding hydrogens is 445 g/mol. The van der Waals surface area contributed by atoms with Crippen LogP contribution in [0.4, 0.5) is 21.7 Å². The molecule has 1 saturated carbocycles. The van der Waals surface area contributed by atoms with Crippen molar-refractivity contribution in [2.24, 2.45) is 11.5 Å². The second-order valence-corrected chi connectivity index (χ2v) is 8.74. The van der Waals surface area contributed by atoms with E-state index in [-0.39, 0.29) is 29.3 Å². The maximum absolute atomic E-state index is 14.8. The van der Waals surface area contributed by atoms with Gasteiger partial charge < -0.3 is 22.1 Å². The smallest absolute Gasteiger partial charge is 0.252 e. The molecule has 4 aromatic rings. The van der Waals surface area contributed by atoms with E-state index in [0.717, 1.165) is 48.2 Å². The Kier molecular flexibility index (Phi) is 6.24. The minimum Gasteiger partial charge on any atom is -0.365 e. The summed E-state index contributed by atoms with van der Waals surface area (Å²) < 4.78 is 14.8. The van der Waals surface area contributed by atoms with Crippen LogP contribution in [0.25, 0.3) is 22.2 Å². The van der Waals surface area contributed by atoms with Crippen molar-refractivity contribution >= 4 is 34.1 Å². The first kappa shape index (κ1) is 22.7. The Morgan fingerprint density at radius 2 is 1.86 bits per heavy atom. The lowest BCUT2D eigenvalue weighted by molar-refractivity contribution is 0.100. The van der Waals surface area contributed by atoms with E-state index in [1.165, 1.54) is 0 Å². The molecule has 9 heteroatoms. The average molecular weight is 472 g/mol. The van der Waals surface area contributed by atoms with Gasteiger partial charge in [-0.25, -0.2) is 9.37 Å². The van der Waals surface area contributed by atoms with Crippen molar-refractivity contribution in [3.05, 3.63) is 72.3 Å². The standard InChI is InChI=1S/C26H26FN7O/c27-19-14-18(24(29)35)25(34-26(19)33-21-6-2-1-5-20(21)28)32-17-9-11-31-23(13-17)16-8-7-15-4-3-10-30-22(15)12-16/h3-4,7-14,20-21H,1-2,5-6,28H2,(H2,29,35)(H2,31,32,33,34)/t20-,21+/m0/s1. The molecule has 178 valence electrons. The molecule has 3 heterocycles. The van der Waals surface area contributed by atoms with Crippen LogP contribution in [0.15, 0.2) is 60.9 Å². The third-order valence-electron chi connectivity index (χ3n) is 6.31. The number of hydrogen-bond acceptors (Lipinski definition) is 7. The first-order valence-electron chi connectivity index (χ1n) is 11.6. The Labute approximate surface area is 202 Å². The van der Waals surface area contributed by atoms with Gasteiger partial charge in [-0.05, 0) is 43.2 Å². The summed E-state index contributed by atoms with van der Waals surface area (Å²) >= 11 is 0.